The molecule has 0 aliphatic heterocycles. The van der Waals surface area contributed by atoms with E-state index in [0.717, 1.165) is 48.1 Å². The number of carbonyl (C=O) groups excluding carboxylic acids is 1. The first kappa shape index (κ1) is 28.9. The molecule has 0 saturated carbocycles. The van der Waals surface area contributed by atoms with Gasteiger partial charge >= 0.3 is 6.18 Å². The number of hydrogen-bond donors (Lipinski definition) is 2. The topological polar surface area (TPSA) is 55.1 Å². The number of alkyl halides is 3. The molecule has 0 fully saturated rings. The average molecular weight is 491 g/mol. The third-order valence-electron chi connectivity index (χ3n) is 6.59. The molecule has 0 bridgehead atoms. The summed E-state index contributed by atoms with van der Waals surface area (Å²) in [6.07, 6.45) is 9.05. The molecule has 3 N–H and O–H groups in total. The summed E-state index contributed by atoms with van der Waals surface area (Å²) < 4.78 is 38.3. The highest BCUT2D eigenvalue weighted by atomic mass is 19.4. The highest BCUT2D eigenvalue weighted by molar-refractivity contribution is 5.94. The largest absolute Gasteiger partial charge is 0.416 e. The molecule has 0 heterocycles. The van der Waals surface area contributed by atoms with E-state index in [1.165, 1.54) is 63.5 Å². The fraction of sp³-hybridized carbons (Fsp3) is 0.552. The van der Waals surface area contributed by atoms with Crippen LogP contribution in [0.2, 0.25) is 0 Å². The van der Waals surface area contributed by atoms with E-state index in [2.05, 4.69) is 12.2 Å². The highest BCUT2D eigenvalue weighted by Gasteiger charge is 2.29. The normalized spacial score (nSPS) is 12.6. The monoisotopic (exact) mass is 490 g/mol. The van der Waals surface area contributed by atoms with Crippen LogP contribution in [-0.4, -0.2) is 5.91 Å². The van der Waals surface area contributed by atoms with Crippen molar-refractivity contribution in [3.8, 4) is 0 Å². The number of carbonyl (C=O) groups is 1. The van der Waals surface area contributed by atoms with Gasteiger partial charge in [0.25, 0.3) is 0 Å². The molecule has 0 spiro atoms. The van der Waals surface area contributed by atoms with Crippen LogP contribution in [0.4, 0.5) is 13.2 Å². The molecule has 194 valence electrons. The maximum atomic E-state index is 12.8. The van der Waals surface area contributed by atoms with Gasteiger partial charge in [-0.15, -0.1) is 0 Å². The molecule has 2 aromatic carbocycles. The lowest BCUT2D eigenvalue weighted by Gasteiger charge is -2.17. The third kappa shape index (κ3) is 10.4. The van der Waals surface area contributed by atoms with E-state index in [-0.39, 0.29) is 6.04 Å². The fourth-order valence-electron chi connectivity index (χ4n) is 4.33. The quantitative estimate of drug-likeness (QED) is 0.233. The van der Waals surface area contributed by atoms with Crippen LogP contribution in [0.3, 0.4) is 0 Å². The average Bonchev–Trinajstić information content (AvgIpc) is 2.83. The van der Waals surface area contributed by atoms with Gasteiger partial charge < -0.3 is 11.1 Å². The van der Waals surface area contributed by atoms with Crippen LogP contribution in [-0.2, 0) is 19.1 Å². The van der Waals surface area contributed by atoms with Gasteiger partial charge in [-0.1, -0.05) is 89.0 Å². The Kier molecular flexibility index (Phi) is 12.3. The summed E-state index contributed by atoms with van der Waals surface area (Å²) in [4.78, 5) is 11.9. The number of unbranched alkanes of at least 4 members (excludes halogenated alkanes) is 9. The lowest BCUT2D eigenvalue weighted by molar-refractivity contribution is -0.137. The zero-order chi connectivity index (χ0) is 25.7. The molecule has 0 radical (unpaired) electrons. The van der Waals surface area contributed by atoms with Crippen molar-refractivity contribution in [2.24, 2.45) is 5.73 Å². The van der Waals surface area contributed by atoms with Crippen molar-refractivity contribution in [2.45, 2.75) is 103 Å². The minimum Gasteiger partial charge on any atom is -0.366 e. The zero-order valence-electron chi connectivity index (χ0n) is 21.2. The van der Waals surface area contributed by atoms with E-state index in [9.17, 15) is 18.0 Å². The SMILES string of the molecule is CCCCCCCCCCCCc1cc(C(C)NCc2ccc(C(F)(F)F)cc2)ccc1C(N)=O. The summed E-state index contributed by atoms with van der Waals surface area (Å²) in [5.74, 6) is -0.413. The van der Waals surface area contributed by atoms with Crippen molar-refractivity contribution < 1.29 is 18.0 Å². The van der Waals surface area contributed by atoms with Crippen LogP contribution < -0.4 is 11.1 Å². The molecule has 1 atom stereocenters. The number of nitrogens with two attached hydrogens (primary N) is 1. The summed E-state index contributed by atoms with van der Waals surface area (Å²) in [7, 11) is 0. The van der Waals surface area contributed by atoms with E-state index >= 15 is 0 Å². The minimum atomic E-state index is -4.33. The minimum absolute atomic E-state index is 0.0225. The molecule has 6 heteroatoms. The summed E-state index contributed by atoms with van der Waals surface area (Å²) in [5.41, 5.74) is 8.31. The molecule has 0 saturated heterocycles. The van der Waals surface area contributed by atoms with Crippen molar-refractivity contribution in [3.63, 3.8) is 0 Å². The first-order chi connectivity index (χ1) is 16.7. The Hall–Kier alpha value is -2.34. The van der Waals surface area contributed by atoms with Gasteiger partial charge in [0.2, 0.25) is 5.91 Å². The Bertz CT molecular complexity index is 894. The van der Waals surface area contributed by atoms with E-state index in [1.54, 1.807) is 6.07 Å². The van der Waals surface area contributed by atoms with Gasteiger partial charge in [0.05, 0.1) is 5.56 Å². The Morgan fingerprint density at radius 2 is 1.46 bits per heavy atom. The highest BCUT2D eigenvalue weighted by Crippen LogP contribution is 2.29. The van der Waals surface area contributed by atoms with Gasteiger partial charge in [-0.25, -0.2) is 0 Å². The molecule has 35 heavy (non-hydrogen) atoms. The maximum Gasteiger partial charge on any atom is 0.416 e. The van der Waals surface area contributed by atoms with Crippen LogP contribution in [0.25, 0.3) is 0 Å². The predicted octanol–water partition coefficient (Wildman–Crippen LogP) is 8.12. The van der Waals surface area contributed by atoms with Crippen molar-refractivity contribution in [3.05, 3.63) is 70.3 Å². The van der Waals surface area contributed by atoms with E-state index in [1.807, 2.05) is 19.1 Å². The summed E-state index contributed by atoms with van der Waals surface area (Å²) >= 11 is 0. The second kappa shape index (κ2) is 14.9. The first-order valence-corrected chi connectivity index (χ1v) is 13.0. The molecule has 2 rings (SSSR count). The van der Waals surface area contributed by atoms with Gasteiger partial charge in [0.15, 0.2) is 0 Å². The van der Waals surface area contributed by atoms with Crippen LogP contribution in [0.15, 0.2) is 42.5 Å². The number of benzene rings is 2. The Morgan fingerprint density at radius 1 is 0.886 bits per heavy atom. The van der Waals surface area contributed by atoms with E-state index in [0.29, 0.717) is 12.1 Å². The standard InChI is InChI=1S/C29H41F3N2O/c1-3-4-5-6-7-8-9-10-11-12-13-25-20-24(16-19-27(25)28(33)35)22(2)34-21-23-14-17-26(18-15-23)29(30,31)32/h14-20,22,34H,3-13,21H2,1-2H3,(H2,33,35). The van der Waals surface area contributed by atoms with Gasteiger partial charge in [-0.2, -0.15) is 13.2 Å². The van der Waals surface area contributed by atoms with Gasteiger partial charge in [0.1, 0.15) is 0 Å². The van der Waals surface area contributed by atoms with Crippen LogP contribution in [0.5, 0.6) is 0 Å². The number of primary amides is 1. The lowest BCUT2D eigenvalue weighted by atomic mass is 9.95. The van der Waals surface area contributed by atoms with Crippen LogP contribution in [0.1, 0.15) is 117 Å². The fourth-order valence-corrected chi connectivity index (χ4v) is 4.33. The second-order valence-corrected chi connectivity index (χ2v) is 9.51. The molecule has 1 unspecified atom stereocenters. The molecular weight excluding hydrogens is 449 g/mol. The van der Waals surface area contributed by atoms with Crippen molar-refractivity contribution in [1.82, 2.24) is 5.32 Å². The molecule has 3 nitrogen and oxygen atoms in total. The molecule has 0 aliphatic carbocycles. The van der Waals surface area contributed by atoms with Gasteiger partial charge in [-0.3, -0.25) is 4.79 Å². The lowest BCUT2D eigenvalue weighted by Crippen LogP contribution is -2.19. The summed E-state index contributed by atoms with van der Waals surface area (Å²) in [6.45, 7) is 4.69. The summed E-state index contributed by atoms with van der Waals surface area (Å²) in [6, 6.07) is 10.9. The summed E-state index contributed by atoms with van der Waals surface area (Å²) in [5, 5.41) is 3.36. The molecule has 0 aromatic heterocycles. The number of rotatable bonds is 16. The number of nitrogens with one attached hydrogen (secondary N) is 1. The maximum absolute atomic E-state index is 12.8. The number of halogens is 3. The van der Waals surface area contributed by atoms with Crippen molar-refractivity contribution in [2.75, 3.05) is 0 Å². The van der Waals surface area contributed by atoms with E-state index in [4.69, 9.17) is 5.73 Å². The van der Waals surface area contributed by atoms with Gasteiger partial charge in [0, 0.05) is 18.2 Å². The number of aryl methyl sites for hydroxylation is 1. The zero-order valence-corrected chi connectivity index (χ0v) is 21.2. The number of amides is 1. The Morgan fingerprint density at radius 3 is 2.00 bits per heavy atom. The second-order valence-electron chi connectivity index (χ2n) is 9.51. The van der Waals surface area contributed by atoms with Gasteiger partial charge in [-0.05, 0) is 54.7 Å². The number of hydrogen-bond acceptors (Lipinski definition) is 2. The first-order valence-electron chi connectivity index (χ1n) is 13.0. The van der Waals surface area contributed by atoms with Crippen molar-refractivity contribution in [1.29, 1.82) is 0 Å². The van der Waals surface area contributed by atoms with Crippen molar-refractivity contribution >= 4 is 5.91 Å². The smallest absolute Gasteiger partial charge is 0.366 e. The molecule has 2 aromatic rings. The van der Waals surface area contributed by atoms with Crippen LogP contribution in [0, 0.1) is 0 Å². The predicted molar refractivity (Wildman–Crippen MR) is 137 cm³/mol. The third-order valence-corrected chi connectivity index (χ3v) is 6.59. The molecular formula is C29H41F3N2O. The molecule has 1 amide bonds. The molecule has 0 aliphatic rings. The van der Waals surface area contributed by atoms with E-state index < -0.39 is 17.6 Å². The Labute approximate surface area is 208 Å². The van der Waals surface area contributed by atoms with Crippen LogP contribution >= 0.6 is 0 Å². The Balaban J connectivity index is 1.84.